The third kappa shape index (κ3) is 5.83. The zero-order chi connectivity index (χ0) is 31.7. The molecule has 0 fully saturated rings. The number of furan rings is 1. The highest BCUT2D eigenvalue weighted by atomic mass is 32.1. The molecule has 3 heterocycles. The number of rotatable bonds is 9. The molecule has 2 aromatic heterocycles. The van der Waals surface area contributed by atoms with Crippen molar-refractivity contribution in [2.75, 3.05) is 13.7 Å². The molecule has 0 unspecified atom stereocenters. The lowest BCUT2D eigenvalue weighted by molar-refractivity contribution is -0.139. The van der Waals surface area contributed by atoms with E-state index >= 15 is 0 Å². The lowest BCUT2D eigenvalue weighted by atomic mass is 9.95. The zero-order valence-corrected chi connectivity index (χ0v) is 26.0. The lowest BCUT2D eigenvalue weighted by Crippen LogP contribution is -2.40. The minimum atomic E-state index is -1.04. The number of fused-ring (bicyclic) bond motifs is 1. The molecule has 1 N–H and O–H groups in total. The number of methoxy groups -OCH3 is 1. The van der Waals surface area contributed by atoms with Crippen molar-refractivity contribution in [3.05, 3.63) is 102 Å². The van der Waals surface area contributed by atoms with Gasteiger partial charge < -0.3 is 23.7 Å². The number of aromatic carboxylic acids is 1. The molecule has 2 aromatic carbocycles. The Morgan fingerprint density at radius 3 is 2.57 bits per heavy atom. The first-order valence-electron chi connectivity index (χ1n) is 14.0. The number of benzene rings is 2. The van der Waals surface area contributed by atoms with E-state index in [1.54, 1.807) is 62.4 Å². The van der Waals surface area contributed by atoms with Crippen LogP contribution in [0.4, 0.5) is 0 Å². The highest BCUT2D eigenvalue weighted by Crippen LogP contribution is 2.36. The first-order valence-corrected chi connectivity index (χ1v) is 14.8. The Labute approximate surface area is 257 Å². The summed E-state index contributed by atoms with van der Waals surface area (Å²) >= 11 is 1.17. The van der Waals surface area contributed by atoms with Crippen LogP contribution in [0.3, 0.4) is 0 Å². The van der Waals surface area contributed by atoms with E-state index in [0.717, 1.165) is 5.56 Å². The Hall–Kier alpha value is -4.90. The molecule has 5 rings (SSSR count). The summed E-state index contributed by atoms with van der Waals surface area (Å²) in [5.41, 5.74) is 2.58. The van der Waals surface area contributed by atoms with Gasteiger partial charge in [0, 0.05) is 11.6 Å². The van der Waals surface area contributed by atoms with E-state index in [1.165, 1.54) is 29.1 Å². The number of carbonyl (C=O) groups excluding carboxylic acids is 1. The Morgan fingerprint density at radius 1 is 1.11 bits per heavy atom. The number of carboxylic acids is 1. The summed E-state index contributed by atoms with van der Waals surface area (Å²) < 4.78 is 24.7. The molecule has 10 nitrogen and oxygen atoms in total. The van der Waals surface area contributed by atoms with Crippen LogP contribution in [0.2, 0.25) is 0 Å². The predicted molar refractivity (Wildman–Crippen MR) is 165 cm³/mol. The highest BCUT2D eigenvalue weighted by Gasteiger charge is 2.34. The number of hydrogen-bond acceptors (Lipinski definition) is 9. The number of nitrogens with zero attached hydrogens (tertiary/aromatic N) is 2. The third-order valence-corrected chi connectivity index (χ3v) is 8.02. The van der Waals surface area contributed by atoms with Gasteiger partial charge >= 0.3 is 11.9 Å². The highest BCUT2D eigenvalue weighted by molar-refractivity contribution is 7.07. The van der Waals surface area contributed by atoms with Gasteiger partial charge in [0.2, 0.25) is 0 Å². The van der Waals surface area contributed by atoms with Crippen LogP contribution in [0.5, 0.6) is 11.5 Å². The van der Waals surface area contributed by atoms with Gasteiger partial charge in [-0.05, 0) is 82.1 Å². The van der Waals surface area contributed by atoms with E-state index in [4.69, 9.17) is 18.6 Å². The van der Waals surface area contributed by atoms with Gasteiger partial charge in [0.05, 0.1) is 47.2 Å². The molecule has 228 valence electrons. The number of carbonyl (C=O) groups is 2. The van der Waals surface area contributed by atoms with Crippen LogP contribution >= 0.6 is 11.3 Å². The second-order valence-electron chi connectivity index (χ2n) is 10.4. The predicted octanol–water partition coefficient (Wildman–Crippen LogP) is 4.86. The summed E-state index contributed by atoms with van der Waals surface area (Å²) in [4.78, 5) is 43.8. The van der Waals surface area contributed by atoms with Gasteiger partial charge in [-0.3, -0.25) is 9.36 Å². The van der Waals surface area contributed by atoms with Crippen LogP contribution in [0.1, 0.15) is 61.0 Å². The molecule has 0 aliphatic carbocycles. The minimum absolute atomic E-state index is 0.0863. The fraction of sp³-hybridized carbons (Fsp3) is 0.273. The van der Waals surface area contributed by atoms with Crippen LogP contribution in [0, 0.1) is 6.92 Å². The maximum atomic E-state index is 14.0. The maximum absolute atomic E-state index is 14.0. The SMILES string of the molecule is CCOC(=O)C1=C(C)N=c2s/c(=C\c3ccc(-c4cc(C(=O)O)ccc4C)o3)c(=O)n2[C@@H]1c1ccc(OC(C)C)c(OC)c1. The van der Waals surface area contributed by atoms with Crippen molar-refractivity contribution in [3.8, 4) is 22.8 Å². The Bertz CT molecular complexity index is 1980. The molecule has 0 saturated heterocycles. The van der Waals surface area contributed by atoms with E-state index in [2.05, 4.69) is 4.99 Å². The zero-order valence-electron chi connectivity index (χ0n) is 25.2. The summed E-state index contributed by atoms with van der Waals surface area (Å²) in [5.74, 6) is 0.269. The summed E-state index contributed by atoms with van der Waals surface area (Å²) in [7, 11) is 1.53. The van der Waals surface area contributed by atoms with Gasteiger partial charge in [-0.25, -0.2) is 14.6 Å². The second kappa shape index (κ2) is 12.4. The fourth-order valence-corrected chi connectivity index (χ4v) is 6.06. The number of aryl methyl sites for hydroxylation is 1. The van der Waals surface area contributed by atoms with Gasteiger partial charge in [0.1, 0.15) is 11.5 Å². The number of carboxylic acid groups (broad SMARTS) is 1. The summed E-state index contributed by atoms with van der Waals surface area (Å²) in [6.07, 6.45) is 1.53. The van der Waals surface area contributed by atoms with Crippen molar-refractivity contribution in [1.29, 1.82) is 0 Å². The van der Waals surface area contributed by atoms with Crippen molar-refractivity contribution in [2.45, 2.75) is 46.8 Å². The second-order valence-corrected chi connectivity index (χ2v) is 11.4. The Morgan fingerprint density at radius 2 is 1.89 bits per heavy atom. The summed E-state index contributed by atoms with van der Waals surface area (Å²) in [6.45, 7) is 9.28. The third-order valence-electron chi connectivity index (χ3n) is 7.03. The van der Waals surface area contributed by atoms with Gasteiger partial charge in [0.25, 0.3) is 5.56 Å². The molecule has 0 amide bonds. The number of hydrogen-bond donors (Lipinski definition) is 1. The van der Waals surface area contributed by atoms with E-state index in [9.17, 15) is 19.5 Å². The maximum Gasteiger partial charge on any atom is 0.338 e. The number of ether oxygens (including phenoxy) is 3. The molecule has 0 bridgehead atoms. The van der Waals surface area contributed by atoms with Crippen molar-refractivity contribution in [3.63, 3.8) is 0 Å². The first-order chi connectivity index (χ1) is 21.0. The monoisotopic (exact) mass is 616 g/mol. The van der Waals surface area contributed by atoms with E-state index < -0.39 is 18.0 Å². The normalized spacial score (nSPS) is 14.8. The van der Waals surface area contributed by atoms with Crippen molar-refractivity contribution in [1.82, 2.24) is 4.57 Å². The van der Waals surface area contributed by atoms with Crippen molar-refractivity contribution in [2.24, 2.45) is 4.99 Å². The van der Waals surface area contributed by atoms with Crippen molar-refractivity contribution >= 4 is 29.4 Å². The number of aromatic nitrogens is 1. The van der Waals surface area contributed by atoms with Gasteiger partial charge in [-0.1, -0.05) is 23.5 Å². The smallest absolute Gasteiger partial charge is 0.338 e. The van der Waals surface area contributed by atoms with Crippen LogP contribution in [-0.4, -0.2) is 41.4 Å². The van der Waals surface area contributed by atoms with E-state index in [-0.39, 0.29) is 29.4 Å². The molecule has 1 aliphatic heterocycles. The van der Waals surface area contributed by atoms with Crippen LogP contribution < -0.4 is 24.4 Å². The van der Waals surface area contributed by atoms with Crippen LogP contribution in [-0.2, 0) is 9.53 Å². The molecule has 0 spiro atoms. The summed E-state index contributed by atoms with van der Waals surface area (Å²) in [5, 5.41) is 9.41. The largest absolute Gasteiger partial charge is 0.493 e. The Balaban J connectivity index is 1.64. The molecule has 0 saturated carbocycles. The number of esters is 1. The summed E-state index contributed by atoms with van der Waals surface area (Å²) in [6, 6.07) is 12.7. The molecule has 11 heteroatoms. The average molecular weight is 617 g/mol. The molecule has 0 radical (unpaired) electrons. The van der Waals surface area contributed by atoms with Crippen LogP contribution in [0.15, 0.2) is 74.0 Å². The topological polar surface area (TPSA) is 130 Å². The minimum Gasteiger partial charge on any atom is -0.493 e. The van der Waals surface area contributed by atoms with Gasteiger partial charge in [-0.15, -0.1) is 0 Å². The van der Waals surface area contributed by atoms with Crippen LogP contribution in [0.25, 0.3) is 17.4 Å². The molecule has 4 aromatic rings. The molecule has 1 atom stereocenters. The number of allylic oxidation sites excluding steroid dienone is 1. The molecular formula is C33H32N2O8S. The van der Waals surface area contributed by atoms with Gasteiger partial charge in [-0.2, -0.15) is 0 Å². The van der Waals surface area contributed by atoms with Gasteiger partial charge in [0.15, 0.2) is 16.3 Å². The lowest BCUT2D eigenvalue weighted by Gasteiger charge is -2.25. The molecule has 44 heavy (non-hydrogen) atoms. The average Bonchev–Trinajstić information content (AvgIpc) is 3.56. The van der Waals surface area contributed by atoms with E-state index in [0.29, 0.717) is 49.2 Å². The Kier molecular flexibility index (Phi) is 8.59. The van der Waals surface area contributed by atoms with Crippen molar-refractivity contribution < 1.29 is 33.3 Å². The quantitative estimate of drug-likeness (QED) is 0.264. The first kappa shape index (κ1) is 30.6. The fourth-order valence-electron chi connectivity index (χ4n) is 5.04. The standard InChI is InChI=1S/C33H32N2O8S/c1-7-41-32(39)28-19(5)34-33-35(29(28)20-10-12-25(42-17(2)3)26(15-20)40-6)30(36)27(44-33)16-22-11-13-24(43-22)23-14-21(31(37)38)9-8-18(23)4/h8-17,29H,7H2,1-6H3,(H,37,38)/b27-16-/t29-/m1/s1. The number of thiazole rings is 1. The van der Waals surface area contributed by atoms with E-state index in [1.807, 2.05) is 20.8 Å². The molecular weight excluding hydrogens is 584 g/mol. The molecule has 1 aliphatic rings.